The Hall–Kier alpha value is -3.18. The molecule has 0 saturated carbocycles. The van der Waals surface area contributed by atoms with E-state index in [0.29, 0.717) is 34.3 Å². The largest absolute Gasteiger partial charge is 0.416 e. The number of nitrogens with zero attached hydrogens (tertiary/aromatic N) is 5. The molecule has 1 aliphatic heterocycles. The number of halogens is 6. The number of hydrogen-bond donors (Lipinski definition) is 2. The van der Waals surface area contributed by atoms with Gasteiger partial charge in [-0.05, 0) is 49.6 Å². The first-order valence-corrected chi connectivity index (χ1v) is 12.5. The summed E-state index contributed by atoms with van der Waals surface area (Å²) in [6.07, 6.45) is -1.20. The van der Waals surface area contributed by atoms with Gasteiger partial charge in [0.15, 0.2) is 5.82 Å². The van der Waals surface area contributed by atoms with E-state index in [4.69, 9.17) is 10.7 Å². The highest BCUT2D eigenvalue weighted by molar-refractivity contribution is 5.86. The van der Waals surface area contributed by atoms with Gasteiger partial charge in [0.05, 0.1) is 17.3 Å². The Morgan fingerprint density at radius 3 is 2.32 bits per heavy atom. The molecule has 0 bridgehead atoms. The molecule has 1 atom stereocenters. The number of anilines is 2. The maximum Gasteiger partial charge on any atom is 0.416 e. The van der Waals surface area contributed by atoms with Gasteiger partial charge in [0, 0.05) is 36.5 Å². The van der Waals surface area contributed by atoms with Gasteiger partial charge in [0.25, 0.3) is 0 Å². The Labute approximate surface area is 255 Å². The number of benzene rings is 2. The lowest BCUT2D eigenvalue weighted by Gasteiger charge is -2.31. The maximum atomic E-state index is 13.5. The molecular formula is C28H31Cl3F3N7. The number of nitrogens with one attached hydrogen (secondary N) is 1. The molecule has 1 fully saturated rings. The molecule has 1 saturated heterocycles. The van der Waals surface area contributed by atoms with Crippen molar-refractivity contribution < 1.29 is 13.2 Å². The van der Waals surface area contributed by atoms with E-state index in [1.807, 2.05) is 43.3 Å². The number of piperidine rings is 1. The average Bonchev–Trinajstić information content (AvgIpc) is 2.93. The van der Waals surface area contributed by atoms with E-state index in [9.17, 15) is 13.2 Å². The molecule has 0 radical (unpaired) electrons. The van der Waals surface area contributed by atoms with Gasteiger partial charge in [-0.15, -0.1) is 47.4 Å². The molecule has 4 aromatic rings. The average molecular weight is 629 g/mol. The highest BCUT2D eigenvalue weighted by Crippen LogP contribution is 2.36. The van der Waals surface area contributed by atoms with Gasteiger partial charge in [-0.25, -0.2) is 9.97 Å². The van der Waals surface area contributed by atoms with Crippen molar-refractivity contribution in [3.63, 3.8) is 0 Å². The lowest BCUT2D eigenvalue weighted by Crippen LogP contribution is -2.40. The van der Waals surface area contributed by atoms with Crippen LogP contribution in [0, 0.1) is 0 Å². The molecule has 0 aliphatic carbocycles. The molecule has 0 spiro atoms. The van der Waals surface area contributed by atoms with Gasteiger partial charge < -0.3 is 16.0 Å². The molecule has 0 amide bonds. The van der Waals surface area contributed by atoms with Gasteiger partial charge in [-0.3, -0.25) is 0 Å². The van der Waals surface area contributed by atoms with Crippen molar-refractivity contribution >= 4 is 49.0 Å². The summed E-state index contributed by atoms with van der Waals surface area (Å²) in [5.74, 6) is 1.03. The lowest BCUT2D eigenvalue weighted by atomic mass is 10.0. The summed E-state index contributed by atoms with van der Waals surface area (Å²) in [5, 5.41) is 12.1. The van der Waals surface area contributed by atoms with Crippen LogP contribution in [0.1, 0.15) is 36.9 Å². The minimum Gasteiger partial charge on any atom is -0.355 e. The van der Waals surface area contributed by atoms with Crippen molar-refractivity contribution in [3.8, 4) is 22.5 Å². The lowest BCUT2D eigenvalue weighted by molar-refractivity contribution is -0.137. The minimum absolute atomic E-state index is 0. The van der Waals surface area contributed by atoms with E-state index in [0.717, 1.165) is 43.6 Å². The predicted octanol–water partition coefficient (Wildman–Crippen LogP) is 6.99. The third-order valence-electron chi connectivity index (χ3n) is 6.68. The molecule has 7 nitrogen and oxygen atoms in total. The summed E-state index contributed by atoms with van der Waals surface area (Å²) in [5.41, 5.74) is 8.10. The van der Waals surface area contributed by atoms with Crippen molar-refractivity contribution in [2.45, 2.75) is 38.0 Å². The Kier molecular flexibility index (Phi) is 12.1. The highest BCUT2D eigenvalue weighted by atomic mass is 35.5. The van der Waals surface area contributed by atoms with Crippen LogP contribution in [0.2, 0.25) is 0 Å². The second-order valence-corrected chi connectivity index (χ2v) is 9.41. The van der Waals surface area contributed by atoms with E-state index in [1.54, 1.807) is 18.3 Å². The van der Waals surface area contributed by atoms with Crippen LogP contribution in [0.5, 0.6) is 0 Å². The molecule has 220 valence electrons. The third-order valence-corrected chi connectivity index (χ3v) is 6.68. The quantitative estimate of drug-likeness (QED) is 0.238. The fourth-order valence-corrected chi connectivity index (χ4v) is 4.51. The Morgan fingerprint density at radius 1 is 0.927 bits per heavy atom. The van der Waals surface area contributed by atoms with Crippen LogP contribution in [0.15, 0.2) is 72.9 Å². The van der Waals surface area contributed by atoms with Gasteiger partial charge in [-0.2, -0.15) is 13.2 Å². The topological polar surface area (TPSA) is 92.9 Å². The summed E-state index contributed by atoms with van der Waals surface area (Å²) in [6.45, 7) is 3.46. The highest BCUT2D eigenvalue weighted by Gasteiger charge is 2.31. The van der Waals surface area contributed by atoms with E-state index in [-0.39, 0.29) is 49.3 Å². The number of alkyl halides is 3. The fraction of sp³-hybridized carbons (Fsp3) is 0.286. The summed E-state index contributed by atoms with van der Waals surface area (Å²) >= 11 is 0. The Morgan fingerprint density at radius 2 is 1.63 bits per heavy atom. The zero-order valence-electron chi connectivity index (χ0n) is 22.1. The van der Waals surface area contributed by atoms with Crippen molar-refractivity contribution in [1.82, 2.24) is 20.2 Å². The van der Waals surface area contributed by atoms with Crippen LogP contribution in [0.25, 0.3) is 22.5 Å². The predicted molar refractivity (Wildman–Crippen MR) is 163 cm³/mol. The molecule has 2 aromatic heterocycles. The van der Waals surface area contributed by atoms with Crippen LogP contribution in [0.4, 0.5) is 24.9 Å². The van der Waals surface area contributed by atoms with E-state index < -0.39 is 11.7 Å². The smallest absolute Gasteiger partial charge is 0.355 e. The van der Waals surface area contributed by atoms with E-state index in [1.165, 1.54) is 6.07 Å². The van der Waals surface area contributed by atoms with Crippen molar-refractivity contribution in [3.05, 3.63) is 84.1 Å². The van der Waals surface area contributed by atoms with Gasteiger partial charge >= 0.3 is 6.18 Å². The molecule has 2 aromatic carbocycles. The molecule has 1 aliphatic rings. The molecule has 13 heteroatoms. The molecular weight excluding hydrogens is 598 g/mol. The zero-order chi connectivity index (χ0) is 26.7. The van der Waals surface area contributed by atoms with Crippen molar-refractivity contribution in [2.24, 2.45) is 5.73 Å². The summed E-state index contributed by atoms with van der Waals surface area (Å²) in [6, 6.07) is 18.6. The van der Waals surface area contributed by atoms with Crippen LogP contribution in [0.3, 0.4) is 0 Å². The Bertz CT molecular complexity index is 1400. The molecule has 3 heterocycles. The van der Waals surface area contributed by atoms with Crippen LogP contribution in [-0.4, -0.2) is 39.3 Å². The van der Waals surface area contributed by atoms with Gasteiger partial charge in [0.1, 0.15) is 5.69 Å². The minimum atomic E-state index is -4.48. The van der Waals surface area contributed by atoms with Crippen LogP contribution < -0.4 is 16.0 Å². The number of aromatic nitrogens is 4. The van der Waals surface area contributed by atoms with Crippen molar-refractivity contribution in [1.29, 1.82) is 0 Å². The molecule has 0 unspecified atom stereocenters. The van der Waals surface area contributed by atoms with Gasteiger partial charge in [0.2, 0.25) is 5.95 Å². The molecule has 5 rings (SSSR count). The fourth-order valence-electron chi connectivity index (χ4n) is 4.51. The number of rotatable bonds is 6. The second kappa shape index (κ2) is 14.6. The summed E-state index contributed by atoms with van der Waals surface area (Å²) < 4.78 is 40.4. The third kappa shape index (κ3) is 8.19. The number of nitrogens with two attached hydrogens (primary N) is 1. The SMILES string of the molecule is C[C@H](Nc1nccc(-c2cc(N3CCC(N)CC3)nnc2-c2cccc(C(F)(F)F)c2)n1)c1ccccc1.Cl.Cl.Cl. The zero-order valence-corrected chi connectivity index (χ0v) is 24.5. The summed E-state index contributed by atoms with van der Waals surface area (Å²) in [4.78, 5) is 11.2. The van der Waals surface area contributed by atoms with Crippen molar-refractivity contribution in [2.75, 3.05) is 23.3 Å². The first-order valence-electron chi connectivity index (χ1n) is 12.5. The standard InChI is InChI=1S/C28H28F3N7.3ClH/c1-18(19-6-3-2-4-7-19)34-27-33-13-10-24(35-27)23-17-25(38-14-11-22(32)12-15-38)36-37-26(23)20-8-5-9-21(16-20)28(29,30)31;;;/h2-10,13,16-18,22H,11-12,14-15,32H2,1H3,(H,33,34,35);3*1H/t18-;;;/m0.../s1. The number of hydrogen-bond acceptors (Lipinski definition) is 7. The summed E-state index contributed by atoms with van der Waals surface area (Å²) in [7, 11) is 0. The Balaban J connectivity index is 0.00000196. The van der Waals surface area contributed by atoms with Gasteiger partial charge in [-0.1, -0.05) is 42.5 Å². The van der Waals surface area contributed by atoms with Crippen LogP contribution in [-0.2, 0) is 6.18 Å². The molecule has 41 heavy (non-hydrogen) atoms. The first kappa shape index (κ1) is 34.0. The van der Waals surface area contributed by atoms with E-state index >= 15 is 0 Å². The maximum absolute atomic E-state index is 13.5. The van der Waals surface area contributed by atoms with E-state index in [2.05, 4.69) is 25.4 Å². The second-order valence-electron chi connectivity index (χ2n) is 9.41. The normalized spacial score (nSPS) is 14.2. The monoisotopic (exact) mass is 627 g/mol. The molecule has 3 N–H and O–H groups in total. The van der Waals surface area contributed by atoms with Crippen LogP contribution >= 0.6 is 37.2 Å². The first-order chi connectivity index (χ1) is 18.3.